The highest BCUT2D eigenvalue weighted by molar-refractivity contribution is 7.91. The van der Waals surface area contributed by atoms with Crippen LogP contribution in [0.15, 0.2) is 16.7 Å². The number of nitrogens with one attached hydrogen (secondary N) is 1. The molecule has 94 valence electrons. The number of fused-ring (bicyclic) bond motifs is 1. The topological polar surface area (TPSA) is 59.3 Å². The number of furan rings is 1. The van der Waals surface area contributed by atoms with E-state index >= 15 is 0 Å². The van der Waals surface area contributed by atoms with Crippen LogP contribution in [-0.4, -0.2) is 26.0 Å². The third-order valence-electron chi connectivity index (χ3n) is 3.72. The first-order valence-corrected chi connectivity index (χ1v) is 7.99. The summed E-state index contributed by atoms with van der Waals surface area (Å²) in [7, 11) is -2.80. The second-order valence-electron chi connectivity index (χ2n) is 5.01. The average molecular weight is 255 g/mol. The summed E-state index contributed by atoms with van der Waals surface area (Å²) in [4.78, 5) is 0. The molecule has 0 bridgehead atoms. The summed E-state index contributed by atoms with van der Waals surface area (Å²) in [5.74, 6) is 1.68. The van der Waals surface area contributed by atoms with Gasteiger partial charge in [0.2, 0.25) is 0 Å². The van der Waals surface area contributed by atoms with Gasteiger partial charge in [-0.3, -0.25) is 0 Å². The molecule has 1 saturated heterocycles. The Morgan fingerprint density at radius 1 is 1.35 bits per heavy atom. The minimum atomic E-state index is -2.80. The molecule has 2 heterocycles. The lowest BCUT2D eigenvalue weighted by atomic mass is 9.93. The number of hydrogen-bond acceptors (Lipinski definition) is 4. The van der Waals surface area contributed by atoms with Crippen molar-refractivity contribution in [3.63, 3.8) is 0 Å². The van der Waals surface area contributed by atoms with Gasteiger partial charge in [0.25, 0.3) is 0 Å². The van der Waals surface area contributed by atoms with Crippen LogP contribution in [-0.2, 0) is 16.3 Å². The summed E-state index contributed by atoms with van der Waals surface area (Å²) >= 11 is 0. The maximum Gasteiger partial charge on any atom is 0.151 e. The maximum atomic E-state index is 11.4. The molecule has 0 aromatic carbocycles. The second kappa shape index (κ2) is 4.14. The van der Waals surface area contributed by atoms with Crippen LogP contribution >= 0.6 is 0 Å². The third-order valence-corrected chi connectivity index (χ3v) is 5.49. The smallest absolute Gasteiger partial charge is 0.151 e. The molecule has 3 rings (SSSR count). The van der Waals surface area contributed by atoms with Crippen molar-refractivity contribution in [1.82, 2.24) is 5.32 Å². The Morgan fingerprint density at radius 3 is 3.00 bits per heavy atom. The summed E-state index contributed by atoms with van der Waals surface area (Å²) in [6.07, 6.45) is 5.66. The van der Waals surface area contributed by atoms with E-state index in [1.807, 2.05) is 6.07 Å². The molecule has 1 aliphatic heterocycles. The Morgan fingerprint density at radius 2 is 2.24 bits per heavy atom. The first-order valence-electron chi connectivity index (χ1n) is 6.17. The van der Waals surface area contributed by atoms with Gasteiger partial charge >= 0.3 is 0 Å². The summed E-state index contributed by atoms with van der Waals surface area (Å²) < 4.78 is 28.3. The highest BCUT2D eigenvalue weighted by Gasteiger charge is 2.31. The van der Waals surface area contributed by atoms with Crippen molar-refractivity contribution in [3.05, 3.63) is 23.7 Å². The zero-order chi connectivity index (χ0) is 11.9. The number of sulfone groups is 1. The molecule has 17 heavy (non-hydrogen) atoms. The fourth-order valence-electron chi connectivity index (χ4n) is 2.87. The van der Waals surface area contributed by atoms with E-state index in [-0.39, 0.29) is 17.8 Å². The van der Waals surface area contributed by atoms with Crippen molar-refractivity contribution in [2.75, 3.05) is 11.5 Å². The minimum Gasteiger partial charge on any atom is -0.469 e. The normalized spacial score (nSPS) is 31.3. The van der Waals surface area contributed by atoms with Crippen LogP contribution in [0.25, 0.3) is 0 Å². The lowest BCUT2D eigenvalue weighted by molar-refractivity contribution is 0.384. The van der Waals surface area contributed by atoms with Crippen LogP contribution in [0.4, 0.5) is 0 Å². The maximum absolute atomic E-state index is 11.4. The molecule has 1 aromatic heterocycles. The van der Waals surface area contributed by atoms with Gasteiger partial charge in [0.15, 0.2) is 9.84 Å². The van der Waals surface area contributed by atoms with E-state index in [9.17, 15) is 8.42 Å². The molecular formula is C12H17NO3S. The molecule has 1 aliphatic carbocycles. The van der Waals surface area contributed by atoms with Gasteiger partial charge in [0.05, 0.1) is 17.8 Å². The summed E-state index contributed by atoms with van der Waals surface area (Å²) in [6, 6.07) is 2.40. The third kappa shape index (κ3) is 2.26. The Kier molecular flexibility index (Phi) is 2.75. The number of aryl methyl sites for hydroxylation is 1. The molecule has 4 nitrogen and oxygen atoms in total. The van der Waals surface area contributed by atoms with E-state index in [2.05, 4.69) is 5.32 Å². The number of rotatable bonds is 2. The molecule has 2 unspecified atom stereocenters. The zero-order valence-corrected chi connectivity index (χ0v) is 10.5. The van der Waals surface area contributed by atoms with E-state index < -0.39 is 9.84 Å². The van der Waals surface area contributed by atoms with Crippen molar-refractivity contribution in [2.45, 2.75) is 37.8 Å². The Labute approximate surface area is 101 Å². The average Bonchev–Trinajstić information content (AvgIpc) is 2.85. The van der Waals surface area contributed by atoms with Crippen LogP contribution < -0.4 is 5.32 Å². The lowest BCUT2D eigenvalue weighted by Crippen LogP contribution is -2.35. The van der Waals surface area contributed by atoms with E-state index in [0.29, 0.717) is 5.75 Å². The predicted octanol–water partition coefficient (Wildman–Crippen LogP) is 1.43. The first kappa shape index (κ1) is 11.3. The van der Waals surface area contributed by atoms with Gasteiger partial charge in [0.1, 0.15) is 5.76 Å². The standard InChI is InChI=1S/C12H17NO3S/c14-17(15)7-5-9(8-17)13-11-2-1-3-12-10(11)4-6-16-12/h4,6,9,11,13H,1-3,5,7-8H2. The summed E-state index contributed by atoms with van der Waals surface area (Å²) in [6.45, 7) is 0. The molecule has 0 radical (unpaired) electrons. The van der Waals surface area contributed by atoms with Gasteiger partial charge in [-0.1, -0.05) is 0 Å². The van der Waals surface area contributed by atoms with Gasteiger partial charge in [-0.25, -0.2) is 8.42 Å². The SMILES string of the molecule is O=S1(=O)CCC(NC2CCCc3occc32)C1. The first-order chi connectivity index (χ1) is 8.14. The van der Waals surface area contributed by atoms with Crippen LogP contribution in [0.3, 0.4) is 0 Å². The van der Waals surface area contributed by atoms with Crippen molar-refractivity contribution >= 4 is 9.84 Å². The monoisotopic (exact) mass is 255 g/mol. The molecule has 1 aromatic rings. The Balaban J connectivity index is 1.72. The van der Waals surface area contributed by atoms with E-state index in [1.165, 1.54) is 5.56 Å². The molecule has 1 fully saturated rings. The Hall–Kier alpha value is -0.810. The summed E-state index contributed by atoms with van der Waals surface area (Å²) in [5, 5.41) is 3.48. The highest BCUT2D eigenvalue weighted by atomic mass is 32.2. The van der Waals surface area contributed by atoms with Gasteiger partial charge < -0.3 is 9.73 Å². The molecular weight excluding hydrogens is 238 g/mol. The summed E-state index contributed by atoms with van der Waals surface area (Å²) in [5.41, 5.74) is 1.22. The van der Waals surface area contributed by atoms with Crippen molar-refractivity contribution in [1.29, 1.82) is 0 Å². The van der Waals surface area contributed by atoms with Crippen LogP contribution in [0, 0.1) is 0 Å². The van der Waals surface area contributed by atoms with Crippen molar-refractivity contribution < 1.29 is 12.8 Å². The molecule has 0 saturated carbocycles. The molecule has 1 N–H and O–H groups in total. The van der Waals surface area contributed by atoms with Crippen LogP contribution in [0.5, 0.6) is 0 Å². The van der Waals surface area contributed by atoms with Gasteiger partial charge in [-0.05, 0) is 25.3 Å². The Bertz CT molecular complexity index is 506. The van der Waals surface area contributed by atoms with Crippen molar-refractivity contribution in [2.24, 2.45) is 0 Å². The van der Waals surface area contributed by atoms with Gasteiger partial charge in [0, 0.05) is 24.1 Å². The fourth-order valence-corrected chi connectivity index (χ4v) is 4.56. The lowest BCUT2D eigenvalue weighted by Gasteiger charge is -2.25. The van der Waals surface area contributed by atoms with Gasteiger partial charge in [-0.2, -0.15) is 0 Å². The largest absolute Gasteiger partial charge is 0.469 e. The molecule has 5 heteroatoms. The number of hydrogen-bond donors (Lipinski definition) is 1. The van der Waals surface area contributed by atoms with Gasteiger partial charge in [-0.15, -0.1) is 0 Å². The van der Waals surface area contributed by atoms with Crippen LogP contribution in [0.2, 0.25) is 0 Å². The minimum absolute atomic E-state index is 0.117. The van der Waals surface area contributed by atoms with E-state index in [4.69, 9.17) is 4.42 Å². The quantitative estimate of drug-likeness (QED) is 0.868. The molecule has 0 spiro atoms. The zero-order valence-electron chi connectivity index (χ0n) is 9.69. The van der Waals surface area contributed by atoms with Crippen molar-refractivity contribution in [3.8, 4) is 0 Å². The molecule has 2 aliphatic rings. The van der Waals surface area contributed by atoms with Crippen LogP contribution in [0.1, 0.15) is 36.6 Å². The second-order valence-corrected chi connectivity index (χ2v) is 7.24. The van der Waals surface area contributed by atoms with E-state index in [0.717, 1.165) is 31.4 Å². The fraction of sp³-hybridized carbons (Fsp3) is 0.667. The van der Waals surface area contributed by atoms with E-state index in [1.54, 1.807) is 6.26 Å². The molecule has 2 atom stereocenters. The molecule has 0 amide bonds. The highest BCUT2D eigenvalue weighted by Crippen LogP contribution is 2.31. The predicted molar refractivity (Wildman–Crippen MR) is 64.6 cm³/mol.